The van der Waals surface area contributed by atoms with Gasteiger partial charge in [0.2, 0.25) is 5.91 Å². The van der Waals surface area contributed by atoms with Gasteiger partial charge in [-0.15, -0.1) is 0 Å². The number of hydrogen-bond acceptors (Lipinski definition) is 3. The lowest BCUT2D eigenvalue weighted by Gasteiger charge is -2.35. The van der Waals surface area contributed by atoms with Crippen molar-refractivity contribution >= 4 is 5.91 Å². The molecule has 2 rings (SSSR count). The highest BCUT2D eigenvalue weighted by Crippen LogP contribution is 2.22. The molecular weight excluding hydrogens is 242 g/mol. The summed E-state index contributed by atoms with van der Waals surface area (Å²) >= 11 is 0. The van der Waals surface area contributed by atoms with Crippen LogP contribution in [0.2, 0.25) is 0 Å². The first kappa shape index (κ1) is 13.9. The van der Waals surface area contributed by atoms with Crippen molar-refractivity contribution in [2.75, 3.05) is 20.2 Å². The van der Waals surface area contributed by atoms with Crippen LogP contribution in [0.15, 0.2) is 24.3 Å². The number of rotatable bonds is 3. The molecule has 0 radical (unpaired) electrons. The Kier molecular flexibility index (Phi) is 4.10. The Morgan fingerprint density at radius 1 is 1.42 bits per heavy atom. The summed E-state index contributed by atoms with van der Waals surface area (Å²) in [5.74, 6) is 0.885. The maximum Gasteiger partial charge on any atom is 0.226 e. The van der Waals surface area contributed by atoms with Crippen molar-refractivity contribution in [2.24, 2.45) is 0 Å². The fraction of sp³-hybridized carbons (Fsp3) is 0.533. The highest BCUT2D eigenvalue weighted by atomic mass is 16.5. The molecular formula is C15H21NO3. The van der Waals surface area contributed by atoms with Gasteiger partial charge in [-0.25, -0.2) is 0 Å². The van der Waals surface area contributed by atoms with Crippen molar-refractivity contribution in [1.29, 1.82) is 0 Å². The first-order chi connectivity index (χ1) is 9.00. The van der Waals surface area contributed by atoms with Gasteiger partial charge in [-0.2, -0.15) is 0 Å². The number of aliphatic hydroxyl groups is 1. The molecule has 4 heteroatoms. The number of likely N-dealkylation sites (tertiary alicyclic amines) is 1. The van der Waals surface area contributed by atoms with E-state index in [-0.39, 0.29) is 5.91 Å². The average molecular weight is 263 g/mol. The van der Waals surface area contributed by atoms with Crippen LogP contribution < -0.4 is 4.74 Å². The van der Waals surface area contributed by atoms with Gasteiger partial charge >= 0.3 is 0 Å². The number of carbonyl (C=O) groups is 1. The van der Waals surface area contributed by atoms with Gasteiger partial charge < -0.3 is 14.7 Å². The van der Waals surface area contributed by atoms with Gasteiger partial charge in [-0.1, -0.05) is 12.1 Å². The number of hydrogen-bond donors (Lipinski definition) is 1. The van der Waals surface area contributed by atoms with E-state index < -0.39 is 5.60 Å². The lowest BCUT2D eigenvalue weighted by Crippen LogP contribution is -2.45. The van der Waals surface area contributed by atoms with Gasteiger partial charge in [0.05, 0.1) is 19.1 Å². The summed E-state index contributed by atoms with van der Waals surface area (Å²) in [5.41, 5.74) is 0.342. The van der Waals surface area contributed by atoms with Crippen LogP contribution >= 0.6 is 0 Å². The van der Waals surface area contributed by atoms with Crippen LogP contribution in [0.5, 0.6) is 5.75 Å². The molecule has 1 saturated heterocycles. The summed E-state index contributed by atoms with van der Waals surface area (Å²) in [6, 6.07) is 7.58. The van der Waals surface area contributed by atoms with E-state index in [2.05, 4.69) is 0 Å². The highest BCUT2D eigenvalue weighted by molar-refractivity contribution is 5.79. The van der Waals surface area contributed by atoms with Crippen LogP contribution in [0, 0.1) is 0 Å². The molecule has 0 saturated carbocycles. The Hall–Kier alpha value is -1.55. The number of ether oxygens (including phenoxy) is 1. The van der Waals surface area contributed by atoms with Crippen LogP contribution in [0.3, 0.4) is 0 Å². The molecule has 1 N–H and O–H groups in total. The average Bonchev–Trinajstić information content (AvgIpc) is 2.38. The third-order valence-corrected chi connectivity index (χ3v) is 3.68. The van der Waals surface area contributed by atoms with E-state index in [0.717, 1.165) is 11.3 Å². The first-order valence-corrected chi connectivity index (χ1v) is 6.63. The maximum atomic E-state index is 12.2. The summed E-state index contributed by atoms with van der Waals surface area (Å²) in [6.45, 7) is 3.10. The third kappa shape index (κ3) is 3.70. The van der Waals surface area contributed by atoms with E-state index in [1.165, 1.54) is 0 Å². The van der Waals surface area contributed by atoms with Crippen molar-refractivity contribution in [3.05, 3.63) is 29.8 Å². The number of amides is 1. The summed E-state index contributed by atoms with van der Waals surface area (Å²) < 4.78 is 5.15. The van der Waals surface area contributed by atoms with Crippen molar-refractivity contribution in [3.63, 3.8) is 0 Å². The van der Waals surface area contributed by atoms with Crippen LogP contribution in [-0.4, -0.2) is 41.7 Å². The van der Waals surface area contributed by atoms with Crippen LogP contribution in [0.25, 0.3) is 0 Å². The normalized spacial score (nSPS) is 18.2. The molecule has 104 valence electrons. The number of nitrogens with zero attached hydrogens (tertiary/aromatic N) is 1. The molecule has 1 fully saturated rings. The van der Waals surface area contributed by atoms with Gasteiger partial charge in [0, 0.05) is 13.1 Å². The van der Waals surface area contributed by atoms with Crippen LogP contribution in [-0.2, 0) is 11.2 Å². The number of methoxy groups -OCH3 is 1. The standard InChI is InChI=1S/C15H21NO3/c1-15(18)6-8-16(9-7-15)14(17)11-12-4-3-5-13(10-12)19-2/h3-5,10,18H,6-9,11H2,1-2H3. The summed E-state index contributed by atoms with van der Waals surface area (Å²) in [4.78, 5) is 14.0. The second-order valence-corrected chi connectivity index (χ2v) is 5.41. The monoisotopic (exact) mass is 263 g/mol. The molecule has 0 atom stereocenters. The number of carbonyl (C=O) groups excluding carboxylic acids is 1. The second kappa shape index (κ2) is 5.61. The fourth-order valence-corrected chi connectivity index (χ4v) is 2.31. The lowest BCUT2D eigenvalue weighted by molar-refractivity contribution is -0.134. The van der Waals surface area contributed by atoms with Crippen molar-refractivity contribution in [1.82, 2.24) is 4.90 Å². The van der Waals surface area contributed by atoms with Gasteiger partial charge in [-0.3, -0.25) is 4.79 Å². The van der Waals surface area contributed by atoms with Crippen molar-refractivity contribution < 1.29 is 14.6 Å². The Bertz CT molecular complexity index is 446. The largest absolute Gasteiger partial charge is 0.497 e. The van der Waals surface area contributed by atoms with E-state index in [4.69, 9.17) is 4.74 Å². The highest BCUT2D eigenvalue weighted by Gasteiger charge is 2.29. The molecule has 1 aliphatic heterocycles. The van der Waals surface area contributed by atoms with E-state index in [1.807, 2.05) is 36.1 Å². The molecule has 1 aromatic carbocycles. The summed E-state index contributed by atoms with van der Waals surface area (Å²) in [6.07, 6.45) is 1.69. The molecule has 0 unspecified atom stereocenters. The number of benzene rings is 1. The minimum Gasteiger partial charge on any atom is -0.497 e. The van der Waals surface area contributed by atoms with Crippen molar-refractivity contribution in [3.8, 4) is 5.75 Å². The molecule has 0 spiro atoms. The van der Waals surface area contributed by atoms with Gasteiger partial charge in [0.25, 0.3) is 0 Å². The molecule has 19 heavy (non-hydrogen) atoms. The predicted octanol–water partition coefficient (Wildman–Crippen LogP) is 1.61. The lowest BCUT2D eigenvalue weighted by atomic mass is 9.93. The fourth-order valence-electron chi connectivity index (χ4n) is 2.31. The second-order valence-electron chi connectivity index (χ2n) is 5.41. The minimum absolute atomic E-state index is 0.115. The van der Waals surface area contributed by atoms with Gasteiger partial charge in [0.15, 0.2) is 0 Å². The first-order valence-electron chi connectivity index (χ1n) is 6.63. The Labute approximate surface area is 114 Å². The predicted molar refractivity (Wildman–Crippen MR) is 73.1 cm³/mol. The van der Waals surface area contributed by atoms with E-state index in [1.54, 1.807) is 7.11 Å². The molecule has 0 aliphatic carbocycles. The Morgan fingerprint density at radius 2 is 2.11 bits per heavy atom. The molecule has 1 aromatic rings. The molecule has 4 nitrogen and oxygen atoms in total. The van der Waals surface area contributed by atoms with E-state index >= 15 is 0 Å². The summed E-state index contributed by atoms with van der Waals surface area (Å²) in [5, 5.41) is 9.88. The van der Waals surface area contributed by atoms with E-state index in [0.29, 0.717) is 32.4 Å². The van der Waals surface area contributed by atoms with Crippen LogP contribution in [0.1, 0.15) is 25.3 Å². The Balaban J connectivity index is 1.94. The smallest absolute Gasteiger partial charge is 0.226 e. The zero-order valence-electron chi connectivity index (χ0n) is 11.6. The third-order valence-electron chi connectivity index (χ3n) is 3.68. The number of piperidine rings is 1. The Morgan fingerprint density at radius 3 is 2.74 bits per heavy atom. The van der Waals surface area contributed by atoms with Crippen LogP contribution in [0.4, 0.5) is 0 Å². The topological polar surface area (TPSA) is 49.8 Å². The molecule has 1 aliphatic rings. The van der Waals surface area contributed by atoms with Crippen molar-refractivity contribution in [2.45, 2.75) is 31.8 Å². The quantitative estimate of drug-likeness (QED) is 0.901. The molecule has 0 bridgehead atoms. The zero-order valence-corrected chi connectivity index (χ0v) is 11.6. The summed E-state index contributed by atoms with van der Waals surface area (Å²) in [7, 11) is 1.62. The molecule has 1 heterocycles. The van der Waals surface area contributed by atoms with Gasteiger partial charge in [0.1, 0.15) is 5.75 Å². The van der Waals surface area contributed by atoms with Gasteiger partial charge in [-0.05, 0) is 37.5 Å². The maximum absolute atomic E-state index is 12.2. The zero-order chi connectivity index (χ0) is 13.9. The molecule has 1 amide bonds. The van der Waals surface area contributed by atoms with E-state index in [9.17, 15) is 9.90 Å². The minimum atomic E-state index is -0.618. The SMILES string of the molecule is COc1cccc(CC(=O)N2CCC(C)(O)CC2)c1. The molecule has 0 aromatic heterocycles.